The molecule has 0 radical (unpaired) electrons. The maximum Gasteiger partial charge on any atom is 0.276 e. The molecule has 1 unspecified atom stereocenters. The Labute approximate surface area is 171 Å². The minimum Gasteiger partial charge on any atom is -0.417 e. The van der Waals surface area contributed by atoms with E-state index in [2.05, 4.69) is 50.4 Å². The first-order chi connectivity index (χ1) is 12.8. The molecular formula is C21H34N2O3SSi. The number of benzene rings is 1. The molecule has 7 heteroatoms. The molecule has 1 saturated carbocycles. The summed E-state index contributed by atoms with van der Waals surface area (Å²) in [5.41, 5.74) is 2.97. The zero-order valence-corrected chi connectivity index (χ0v) is 19.8. The number of sulfonamides is 1. The Morgan fingerprint density at radius 2 is 1.86 bits per heavy atom. The standard InChI is InChI=1S/C21H34N2O3SSi/c1-16-10-12-18(13-11-16)27(24,25)23-22-20(19-15-17(19)2)9-8-14-26-28(6,7)21(3,4)5/h10-13,19,23H,2,8-9,14-15H2,1,3-7H3/b22-20-. The summed E-state index contributed by atoms with van der Waals surface area (Å²) in [5.74, 6) is 0.189. The fourth-order valence-electron chi connectivity index (χ4n) is 2.55. The van der Waals surface area contributed by atoms with E-state index in [-0.39, 0.29) is 15.9 Å². The summed E-state index contributed by atoms with van der Waals surface area (Å²) >= 11 is 0. The van der Waals surface area contributed by atoms with Gasteiger partial charge in [-0.25, -0.2) is 4.83 Å². The van der Waals surface area contributed by atoms with Gasteiger partial charge in [-0.05, 0) is 56.5 Å². The largest absolute Gasteiger partial charge is 0.417 e. The van der Waals surface area contributed by atoms with E-state index in [1.807, 2.05) is 6.92 Å². The smallest absolute Gasteiger partial charge is 0.276 e. The highest BCUT2D eigenvalue weighted by atomic mass is 32.2. The topological polar surface area (TPSA) is 67.8 Å². The van der Waals surface area contributed by atoms with Gasteiger partial charge in [-0.3, -0.25) is 0 Å². The molecule has 5 nitrogen and oxygen atoms in total. The molecule has 0 heterocycles. The molecule has 2 rings (SSSR count). The first kappa shape index (κ1) is 22.8. The molecule has 0 saturated heterocycles. The molecule has 1 N–H and O–H groups in total. The summed E-state index contributed by atoms with van der Waals surface area (Å²) in [6.07, 6.45) is 2.41. The van der Waals surface area contributed by atoms with Crippen LogP contribution in [0.2, 0.25) is 18.1 Å². The number of nitrogens with zero attached hydrogens (tertiary/aromatic N) is 1. The van der Waals surface area contributed by atoms with E-state index >= 15 is 0 Å². The SMILES string of the molecule is C=C1CC1/C(CCCO[Si](C)(C)C(C)(C)C)=N\NS(=O)(=O)c1ccc(C)cc1. The lowest BCUT2D eigenvalue weighted by Gasteiger charge is -2.36. The van der Waals surface area contributed by atoms with E-state index in [1.54, 1.807) is 24.3 Å². The Morgan fingerprint density at radius 1 is 1.29 bits per heavy atom. The van der Waals surface area contributed by atoms with Crippen LogP contribution in [0.3, 0.4) is 0 Å². The lowest BCUT2D eigenvalue weighted by atomic mass is 10.1. The summed E-state index contributed by atoms with van der Waals surface area (Å²) in [6.45, 7) is 17.7. The maximum atomic E-state index is 12.5. The molecule has 0 spiro atoms. The minimum absolute atomic E-state index is 0.179. The van der Waals surface area contributed by atoms with Crippen molar-refractivity contribution in [3.8, 4) is 0 Å². The van der Waals surface area contributed by atoms with E-state index in [0.29, 0.717) is 13.0 Å². The molecule has 0 bridgehead atoms. The fraction of sp³-hybridized carbons (Fsp3) is 0.571. The third kappa shape index (κ3) is 6.03. The first-order valence-electron chi connectivity index (χ1n) is 9.80. The Bertz CT molecular complexity index is 837. The average Bonchev–Trinajstić information content (AvgIpc) is 3.30. The van der Waals surface area contributed by atoms with Crippen LogP contribution < -0.4 is 4.83 Å². The second-order valence-corrected chi connectivity index (χ2v) is 15.6. The van der Waals surface area contributed by atoms with Crippen molar-refractivity contribution in [3.05, 3.63) is 42.0 Å². The van der Waals surface area contributed by atoms with E-state index in [0.717, 1.165) is 29.7 Å². The summed E-state index contributed by atoms with van der Waals surface area (Å²) < 4.78 is 31.2. The number of nitrogens with one attached hydrogen (secondary N) is 1. The highest BCUT2D eigenvalue weighted by Crippen LogP contribution is 2.39. The Kier molecular flexibility index (Phi) is 6.94. The molecule has 1 aromatic rings. The second kappa shape index (κ2) is 8.51. The van der Waals surface area contributed by atoms with E-state index < -0.39 is 18.3 Å². The van der Waals surface area contributed by atoms with Crippen molar-refractivity contribution >= 4 is 24.1 Å². The molecule has 1 aliphatic carbocycles. The van der Waals surface area contributed by atoms with Crippen molar-refractivity contribution in [2.45, 2.75) is 70.0 Å². The lowest BCUT2D eigenvalue weighted by Crippen LogP contribution is -2.41. The Morgan fingerprint density at radius 3 is 2.36 bits per heavy atom. The normalized spacial score (nSPS) is 18.3. The molecular weight excluding hydrogens is 388 g/mol. The summed E-state index contributed by atoms with van der Waals surface area (Å²) in [6, 6.07) is 6.74. The third-order valence-electron chi connectivity index (χ3n) is 5.69. The summed E-state index contributed by atoms with van der Waals surface area (Å²) in [7, 11) is -5.43. The van der Waals surface area contributed by atoms with Crippen LogP contribution in [0.5, 0.6) is 0 Å². The molecule has 1 aromatic carbocycles. The molecule has 0 amide bonds. The molecule has 1 atom stereocenters. The number of allylic oxidation sites excluding steroid dienone is 1. The van der Waals surface area contributed by atoms with Crippen molar-refractivity contribution in [2.75, 3.05) is 6.61 Å². The molecule has 1 fully saturated rings. The van der Waals surface area contributed by atoms with Crippen molar-refractivity contribution < 1.29 is 12.8 Å². The second-order valence-electron chi connectivity index (χ2n) is 9.14. The van der Waals surface area contributed by atoms with Gasteiger partial charge in [-0.2, -0.15) is 13.5 Å². The predicted octanol–water partition coefficient (Wildman–Crippen LogP) is 5.01. The molecule has 0 aromatic heterocycles. The average molecular weight is 423 g/mol. The van der Waals surface area contributed by atoms with Gasteiger partial charge in [0.2, 0.25) is 0 Å². The van der Waals surface area contributed by atoms with Gasteiger partial charge in [-0.1, -0.05) is 50.6 Å². The summed E-state index contributed by atoms with van der Waals surface area (Å²) in [4.78, 5) is 2.62. The summed E-state index contributed by atoms with van der Waals surface area (Å²) in [5, 5.41) is 4.44. The van der Waals surface area contributed by atoms with Gasteiger partial charge in [0, 0.05) is 18.2 Å². The van der Waals surface area contributed by atoms with Gasteiger partial charge in [0.15, 0.2) is 8.32 Å². The van der Waals surface area contributed by atoms with Gasteiger partial charge in [0.1, 0.15) is 0 Å². The van der Waals surface area contributed by atoms with Crippen LogP contribution in [-0.2, 0) is 14.4 Å². The van der Waals surface area contributed by atoms with E-state index in [4.69, 9.17) is 4.43 Å². The Hall–Kier alpha value is -1.44. The number of rotatable bonds is 9. The van der Waals surface area contributed by atoms with Crippen molar-refractivity contribution in [1.29, 1.82) is 0 Å². The number of hydrazone groups is 1. The number of aryl methyl sites for hydroxylation is 1. The zero-order chi connectivity index (χ0) is 21.2. The van der Waals surface area contributed by atoms with Crippen molar-refractivity contribution in [3.63, 3.8) is 0 Å². The Balaban J connectivity index is 1.98. The van der Waals surface area contributed by atoms with Crippen LogP contribution in [0.4, 0.5) is 0 Å². The van der Waals surface area contributed by atoms with Gasteiger partial charge >= 0.3 is 0 Å². The van der Waals surface area contributed by atoms with Gasteiger partial charge in [-0.15, -0.1) is 0 Å². The monoisotopic (exact) mass is 422 g/mol. The van der Waals surface area contributed by atoms with Gasteiger partial charge < -0.3 is 4.43 Å². The quantitative estimate of drug-likeness (QED) is 0.200. The van der Waals surface area contributed by atoms with Gasteiger partial charge in [0.05, 0.1) is 4.90 Å². The third-order valence-corrected chi connectivity index (χ3v) is 11.5. The first-order valence-corrected chi connectivity index (χ1v) is 14.2. The van der Waals surface area contributed by atoms with Crippen LogP contribution in [0, 0.1) is 12.8 Å². The zero-order valence-electron chi connectivity index (χ0n) is 18.0. The lowest BCUT2D eigenvalue weighted by molar-refractivity contribution is 0.284. The number of hydrogen-bond acceptors (Lipinski definition) is 4. The fourth-order valence-corrected chi connectivity index (χ4v) is 4.48. The van der Waals surface area contributed by atoms with Crippen LogP contribution in [0.15, 0.2) is 46.4 Å². The predicted molar refractivity (Wildman–Crippen MR) is 119 cm³/mol. The van der Waals surface area contributed by atoms with E-state index in [9.17, 15) is 8.42 Å². The van der Waals surface area contributed by atoms with Crippen LogP contribution in [0.25, 0.3) is 0 Å². The molecule has 28 heavy (non-hydrogen) atoms. The van der Waals surface area contributed by atoms with Crippen LogP contribution >= 0.6 is 0 Å². The van der Waals surface area contributed by atoms with E-state index in [1.165, 1.54) is 0 Å². The molecule has 156 valence electrons. The highest BCUT2D eigenvalue weighted by molar-refractivity contribution is 7.89. The maximum absolute atomic E-state index is 12.5. The van der Waals surface area contributed by atoms with Crippen LogP contribution in [-0.4, -0.2) is 29.1 Å². The molecule has 1 aliphatic rings. The molecule has 0 aliphatic heterocycles. The van der Waals surface area contributed by atoms with Crippen molar-refractivity contribution in [2.24, 2.45) is 11.0 Å². The minimum atomic E-state index is -3.66. The van der Waals surface area contributed by atoms with Crippen molar-refractivity contribution in [1.82, 2.24) is 4.83 Å². The van der Waals surface area contributed by atoms with Gasteiger partial charge in [0.25, 0.3) is 10.0 Å². The number of hydrogen-bond donors (Lipinski definition) is 1. The van der Waals surface area contributed by atoms with Crippen LogP contribution in [0.1, 0.15) is 45.6 Å². The highest BCUT2D eigenvalue weighted by Gasteiger charge is 2.37.